The number of hydrogen-bond acceptors (Lipinski definition) is 4. The van der Waals surface area contributed by atoms with Crippen molar-refractivity contribution in [1.29, 1.82) is 0 Å². The number of rotatable bonds is 5. The van der Waals surface area contributed by atoms with Gasteiger partial charge in [0.1, 0.15) is 12.4 Å². The molecule has 2 aromatic rings. The molecule has 28 heavy (non-hydrogen) atoms. The molecule has 3 rings (SSSR count). The first-order chi connectivity index (χ1) is 13.5. The third-order valence-corrected chi connectivity index (χ3v) is 4.94. The summed E-state index contributed by atoms with van der Waals surface area (Å²) in [7, 11) is 0. The van der Waals surface area contributed by atoms with Crippen LogP contribution in [0.25, 0.3) is 0 Å². The van der Waals surface area contributed by atoms with Gasteiger partial charge in [-0.15, -0.1) is 0 Å². The summed E-state index contributed by atoms with van der Waals surface area (Å²) < 4.78 is 11.0. The molecule has 6 nitrogen and oxygen atoms in total. The van der Waals surface area contributed by atoms with Crippen LogP contribution in [0, 0.1) is 13.8 Å². The van der Waals surface area contributed by atoms with Gasteiger partial charge < -0.3 is 19.3 Å². The fraction of sp³-hybridized carbons (Fsp3) is 0.364. The van der Waals surface area contributed by atoms with Crippen LogP contribution in [-0.4, -0.2) is 54.6 Å². The number of benzene rings is 2. The molecule has 0 unspecified atom stereocenters. The second-order valence-electron chi connectivity index (χ2n) is 6.94. The van der Waals surface area contributed by atoms with E-state index in [1.807, 2.05) is 62.4 Å². The molecule has 1 heterocycles. The number of hydrogen-bond donors (Lipinski definition) is 0. The highest BCUT2D eigenvalue weighted by atomic mass is 16.6. The monoisotopic (exact) mass is 382 g/mol. The van der Waals surface area contributed by atoms with Crippen molar-refractivity contribution < 1.29 is 19.1 Å². The van der Waals surface area contributed by atoms with Gasteiger partial charge in [0.05, 0.1) is 0 Å². The Morgan fingerprint density at radius 1 is 0.893 bits per heavy atom. The van der Waals surface area contributed by atoms with Gasteiger partial charge in [-0.05, 0) is 42.7 Å². The fourth-order valence-electron chi connectivity index (χ4n) is 2.99. The van der Waals surface area contributed by atoms with Gasteiger partial charge >= 0.3 is 6.09 Å². The summed E-state index contributed by atoms with van der Waals surface area (Å²) in [5.74, 6) is 0.620. The maximum absolute atomic E-state index is 12.4. The lowest BCUT2D eigenvalue weighted by molar-refractivity contribution is -0.135. The summed E-state index contributed by atoms with van der Waals surface area (Å²) >= 11 is 0. The molecule has 1 saturated heterocycles. The molecule has 6 heteroatoms. The van der Waals surface area contributed by atoms with Crippen molar-refractivity contribution in [2.45, 2.75) is 20.5 Å². The standard InChI is InChI=1S/C22H26N2O4/c1-17-8-9-20(14-18(17)2)27-16-21(25)23-10-12-24(13-11-23)22(26)28-15-19-6-4-3-5-7-19/h3-9,14H,10-13,15-16H2,1-2H3. The van der Waals surface area contributed by atoms with Gasteiger partial charge in [0, 0.05) is 26.2 Å². The number of carbonyl (C=O) groups is 2. The third-order valence-electron chi connectivity index (χ3n) is 4.94. The van der Waals surface area contributed by atoms with E-state index < -0.39 is 0 Å². The van der Waals surface area contributed by atoms with Crippen LogP contribution in [0.3, 0.4) is 0 Å². The quantitative estimate of drug-likeness (QED) is 0.797. The predicted octanol–water partition coefficient (Wildman–Crippen LogP) is 3.16. The molecule has 1 aliphatic heterocycles. The van der Waals surface area contributed by atoms with E-state index in [1.54, 1.807) is 9.80 Å². The minimum atomic E-state index is -0.345. The lowest BCUT2D eigenvalue weighted by Gasteiger charge is -2.34. The normalized spacial score (nSPS) is 13.9. The zero-order valence-corrected chi connectivity index (χ0v) is 16.4. The van der Waals surface area contributed by atoms with Gasteiger partial charge in [0.15, 0.2) is 6.61 Å². The number of piperazine rings is 1. The van der Waals surface area contributed by atoms with E-state index in [4.69, 9.17) is 9.47 Å². The molecule has 0 atom stereocenters. The van der Waals surface area contributed by atoms with Gasteiger partial charge in [-0.1, -0.05) is 36.4 Å². The molecular weight excluding hydrogens is 356 g/mol. The molecule has 0 N–H and O–H groups in total. The van der Waals surface area contributed by atoms with Crippen molar-refractivity contribution in [3.63, 3.8) is 0 Å². The second-order valence-corrected chi connectivity index (χ2v) is 6.94. The maximum atomic E-state index is 12.4. The van der Waals surface area contributed by atoms with Gasteiger partial charge in [0.25, 0.3) is 5.91 Å². The Hall–Kier alpha value is -3.02. The largest absolute Gasteiger partial charge is 0.484 e. The number of carbonyl (C=O) groups excluding carboxylic acids is 2. The van der Waals surface area contributed by atoms with Crippen molar-refractivity contribution >= 4 is 12.0 Å². The van der Waals surface area contributed by atoms with Crippen LogP contribution in [0.2, 0.25) is 0 Å². The highest BCUT2D eigenvalue weighted by molar-refractivity contribution is 5.78. The lowest BCUT2D eigenvalue weighted by Crippen LogP contribution is -2.51. The van der Waals surface area contributed by atoms with Crippen molar-refractivity contribution in [3.8, 4) is 5.75 Å². The molecule has 1 fully saturated rings. The predicted molar refractivity (Wildman–Crippen MR) is 106 cm³/mol. The van der Waals surface area contributed by atoms with Crippen molar-refractivity contribution in [3.05, 3.63) is 65.2 Å². The second kappa shape index (κ2) is 9.26. The first-order valence-electron chi connectivity index (χ1n) is 9.46. The smallest absolute Gasteiger partial charge is 0.410 e. The van der Waals surface area contributed by atoms with Gasteiger partial charge in [-0.25, -0.2) is 4.79 Å². The summed E-state index contributed by atoms with van der Waals surface area (Å²) in [5.41, 5.74) is 3.27. The average molecular weight is 382 g/mol. The Morgan fingerprint density at radius 3 is 2.25 bits per heavy atom. The number of ether oxygens (including phenoxy) is 2. The van der Waals surface area contributed by atoms with E-state index in [1.165, 1.54) is 5.56 Å². The Kier molecular flexibility index (Phi) is 6.53. The molecule has 2 aromatic carbocycles. The Labute approximate surface area is 165 Å². The topological polar surface area (TPSA) is 59.1 Å². The van der Waals surface area contributed by atoms with Gasteiger partial charge in [0.2, 0.25) is 0 Å². The van der Waals surface area contributed by atoms with Crippen LogP contribution in [0.5, 0.6) is 5.75 Å². The van der Waals surface area contributed by atoms with Gasteiger partial charge in [-0.2, -0.15) is 0 Å². The Balaban J connectivity index is 1.40. The van der Waals surface area contributed by atoms with Crippen LogP contribution < -0.4 is 4.74 Å². The molecule has 0 aliphatic carbocycles. The molecule has 0 aromatic heterocycles. The maximum Gasteiger partial charge on any atom is 0.410 e. The highest BCUT2D eigenvalue weighted by Gasteiger charge is 2.25. The van der Waals surface area contributed by atoms with Crippen molar-refractivity contribution in [2.75, 3.05) is 32.8 Å². The van der Waals surface area contributed by atoms with Gasteiger partial charge in [-0.3, -0.25) is 4.79 Å². The van der Waals surface area contributed by atoms with Crippen LogP contribution in [-0.2, 0) is 16.1 Å². The van der Waals surface area contributed by atoms with Crippen LogP contribution >= 0.6 is 0 Å². The van der Waals surface area contributed by atoms with E-state index in [-0.39, 0.29) is 25.2 Å². The Bertz CT molecular complexity index is 815. The van der Waals surface area contributed by atoms with Crippen LogP contribution in [0.1, 0.15) is 16.7 Å². The molecular formula is C22H26N2O4. The first kappa shape index (κ1) is 19.7. The summed E-state index contributed by atoms with van der Waals surface area (Å²) in [6, 6.07) is 15.4. The fourth-order valence-corrected chi connectivity index (χ4v) is 2.99. The van der Waals surface area contributed by atoms with Crippen molar-refractivity contribution in [1.82, 2.24) is 9.80 Å². The summed E-state index contributed by atoms with van der Waals surface area (Å²) in [6.45, 7) is 6.19. The first-order valence-corrected chi connectivity index (χ1v) is 9.46. The number of nitrogens with zero attached hydrogens (tertiary/aromatic N) is 2. The van der Waals surface area contributed by atoms with E-state index in [0.29, 0.717) is 31.9 Å². The molecule has 0 radical (unpaired) electrons. The van der Waals surface area contributed by atoms with E-state index in [0.717, 1.165) is 11.1 Å². The van der Waals surface area contributed by atoms with Crippen molar-refractivity contribution in [2.24, 2.45) is 0 Å². The minimum absolute atomic E-state index is 0.000947. The molecule has 2 amide bonds. The SMILES string of the molecule is Cc1ccc(OCC(=O)N2CCN(C(=O)OCc3ccccc3)CC2)cc1C. The molecule has 1 aliphatic rings. The molecule has 0 spiro atoms. The highest BCUT2D eigenvalue weighted by Crippen LogP contribution is 2.16. The van der Waals surface area contributed by atoms with Crippen LogP contribution in [0.4, 0.5) is 4.79 Å². The number of amides is 2. The Morgan fingerprint density at radius 2 is 1.57 bits per heavy atom. The lowest BCUT2D eigenvalue weighted by atomic mass is 10.1. The summed E-state index contributed by atoms with van der Waals surface area (Å²) in [5, 5.41) is 0. The minimum Gasteiger partial charge on any atom is -0.484 e. The van der Waals surface area contributed by atoms with Crippen LogP contribution in [0.15, 0.2) is 48.5 Å². The van der Waals surface area contributed by atoms with E-state index in [9.17, 15) is 9.59 Å². The number of aryl methyl sites for hydroxylation is 2. The average Bonchev–Trinajstić information content (AvgIpc) is 2.73. The molecule has 148 valence electrons. The zero-order valence-electron chi connectivity index (χ0n) is 16.4. The zero-order chi connectivity index (χ0) is 19.9. The summed E-state index contributed by atoms with van der Waals surface area (Å²) in [6.07, 6.45) is -0.345. The third kappa shape index (κ3) is 5.25. The van der Waals surface area contributed by atoms with E-state index in [2.05, 4.69) is 0 Å². The summed E-state index contributed by atoms with van der Waals surface area (Å²) in [4.78, 5) is 27.9. The van der Waals surface area contributed by atoms with E-state index >= 15 is 0 Å². The molecule has 0 bridgehead atoms. The molecule has 0 saturated carbocycles.